The highest BCUT2D eigenvalue weighted by molar-refractivity contribution is 5.50. The number of alkyl halides is 3. The largest absolute Gasteiger partial charge is 0.416 e. The molecule has 1 N–H and O–H groups in total. The quantitative estimate of drug-likeness (QED) is 0.772. The van der Waals surface area contributed by atoms with Gasteiger partial charge in [0, 0.05) is 13.1 Å². The molecule has 2 nitrogen and oxygen atoms in total. The van der Waals surface area contributed by atoms with Gasteiger partial charge in [-0.1, -0.05) is 0 Å². The molecule has 17 heavy (non-hydrogen) atoms. The standard InChI is InChI=1S/C11H11F4NO/c12-9-5-7(11(13,14)15)1-2-10(9)16-4-3-8(17)6-16/h1-2,5,8,17H,3-4,6H2/t8-/m1/s1. The summed E-state index contributed by atoms with van der Waals surface area (Å²) in [4.78, 5) is 1.54. The zero-order valence-corrected chi connectivity index (χ0v) is 8.84. The van der Waals surface area contributed by atoms with E-state index in [4.69, 9.17) is 0 Å². The molecule has 1 aliphatic heterocycles. The Morgan fingerprint density at radius 2 is 2.00 bits per heavy atom. The topological polar surface area (TPSA) is 23.5 Å². The summed E-state index contributed by atoms with van der Waals surface area (Å²) in [6, 6.07) is 2.44. The molecular formula is C11H11F4NO. The molecule has 6 heteroatoms. The third kappa shape index (κ3) is 2.52. The molecule has 0 aromatic heterocycles. The molecule has 1 atom stereocenters. The number of benzene rings is 1. The molecule has 0 unspecified atom stereocenters. The summed E-state index contributed by atoms with van der Waals surface area (Å²) >= 11 is 0. The lowest BCUT2D eigenvalue weighted by atomic mass is 10.2. The van der Waals surface area contributed by atoms with Crippen molar-refractivity contribution in [1.82, 2.24) is 0 Å². The van der Waals surface area contributed by atoms with Crippen molar-refractivity contribution in [3.05, 3.63) is 29.6 Å². The maximum atomic E-state index is 13.5. The SMILES string of the molecule is O[C@@H]1CCN(c2ccc(C(F)(F)F)cc2F)C1. The van der Waals surface area contributed by atoms with Crippen molar-refractivity contribution >= 4 is 5.69 Å². The fourth-order valence-corrected chi connectivity index (χ4v) is 1.90. The second kappa shape index (κ2) is 4.18. The molecule has 0 aliphatic carbocycles. The molecule has 1 aliphatic rings. The van der Waals surface area contributed by atoms with Crippen molar-refractivity contribution in [2.75, 3.05) is 18.0 Å². The van der Waals surface area contributed by atoms with E-state index in [1.807, 2.05) is 0 Å². The normalized spacial score (nSPS) is 21.0. The number of β-amino-alcohol motifs (C(OH)–C–C–N with tert-alkyl or cyclic N) is 1. The molecule has 0 amide bonds. The summed E-state index contributed by atoms with van der Waals surface area (Å²) in [7, 11) is 0. The van der Waals surface area contributed by atoms with Crippen LogP contribution in [0.3, 0.4) is 0 Å². The van der Waals surface area contributed by atoms with E-state index < -0.39 is 23.7 Å². The number of rotatable bonds is 1. The predicted octanol–water partition coefficient (Wildman–Crippen LogP) is 2.42. The minimum absolute atomic E-state index is 0.106. The molecule has 0 saturated carbocycles. The number of aliphatic hydroxyl groups excluding tert-OH is 1. The number of nitrogens with zero attached hydrogens (tertiary/aromatic N) is 1. The highest BCUT2D eigenvalue weighted by Gasteiger charge is 2.32. The number of hydrogen-bond donors (Lipinski definition) is 1. The lowest BCUT2D eigenvalue weighted by Gasteiger charge is -2.19. The molecule has 94 valence electrons. The second-order valence-electron chi connectivity index (χ2n) is 4.05. The molecule has 1 aromatic rings. The zero-order valence-electron chi connectivity index (χ0n) is 8.84. The Kier molecular flexibility index (Phi) is 2.99. The Morgan fingerprint density at radius 1 is 1.29 bits per heavy atom. The van der Waals surface area contributed by atoms with Crippen molar-refractivity contribution in [2.24, 2.45) is 0 Å². The first-order chi connectivity index (χ1) is 7.88. The minimum atomic E-state index is -4.54. The Labute approximate surface area is 95.5 Å². The van der Waals surface area contributed by atoms with Gasteiger partial charge in [0.05, 0.1) is 17.4 Å². The van der Waals surface area contributed by atoms with E-state index in [0.29, 0.717) is 19.0 Å². The van der Waals surface area contributed by atoms with Gasteiger partial charge in [-0.25, -0.2) is 4.39 Å². The summed E-state index contributed by atoms with van der Waals surface area (Å²) in [5.74, 6) is -0.908. The Balaban J connectivity index is 2.26. The van der Waals surface area contributed by atoms with Crippen LogP contribution >= 0.6 is 0 Å². The van der Waals surface area contributed by atoms with Gasteiger partial charge < -0.3 is 10.0 Å². The van der Waals surface area contributed by atoms with Crippen LogP contribution < -0.4 is 4.90 Å². The molecule has 1 heterocycles. The molecule has 1 fully saturated rings. The maximum absolute atomic E-state index is 13.5. The zero-order chi connectivity index (χ0) is 12.6. The lowest BCUT2D eigenvalue weighted by Crippen LogP contribution is -2.22. The van der Waals surface area contributed by atoms with Crippen LogP contribution in [-0.2, 0) is 6.18 Å². The smallest absolute Gasteiger partial charge is 0.391 e. The van der Waals surface area contributed by atoms with Gasteiger partial charge in [0.15, 0.2) is 0 Å². The van der Waals surface area contributed by atoms with Gasteiger partial charge in [-0.15, -0.1) is 0 Å². The van der Waals surface area contributed by atoms with Crippen molar-refractivity contribution in [3.63, 3.8) is 0 Å². The van der Waals surface area contributed by atoms with Crippen LogP contribution in [0.2, 0.25) is 0 Å². The Hall–Kier alpha value is -1.30. The van der Waals surface area contributed by atoms with Crippen molar-refractivity contribution in [1.29, 1.82) is 0 Å². The number of hydrogen-bond acceptors (Lipinski definition) is 2. The lowest BCUT2D eigenvalue weighted by molar-refractivity contribution is -0.137. The van der Waals surface area contributed by atoms with E-state index >= 15 is 0 Å². The van der Waals surface area contributed by atoms with E-state index in [0.717, 1.165) is 12.1 Å². The average Bonchev–Trinajstić information content (AvgIpc) is 2.63. The highest BCUT2D eigenvalue weighted by Crippen LogP contribution is 2.33. The minimum Gasteiger partial charge on any atom is -0.391 e. The third-order valence-electron chi connectivity index (χ3n) is 2.78. The van der Waals surface area contributed by atoms with Gasteiger partial charge >= 0.3 is 6.18 Å². The van der Waals surface area contributed by atoms with E-state index in [-0.39, 0.29) is 12.2 Å². The fourth-order valence-electron chi connectivity index (χ4n) is 1.90. The van der Waals surface area contributed by atoms with E-state index in [9.17, 15) is 22.7 Å². The van der Waals surface area contributed by atoms with Crippen molar-refractivity contribution < 1.29 is 22.7 Å². The number of halogens is 4. The number of anilines is 1. The molecular weight excluding hydrogens is 238 g/mol. The van der Waals surface area contributed by atoms with Crippen LogP contribution in [0.4, 0.5) is 23.2 Å². The first-order valence-electron chi connectivity index (χ1n) is 5.17. The van der Waals surface area contributed by atoms with E-state index in [1.165, 1.54) is 0 Å². The maximum Gasteiger partial charge on any atom is 0.416 e. The molecule has 2 rings (SSSR count). The van der Waals surface area contributed by atoms with Crippen LogP contribution in [0.5, 0.6) is 0 Å². The van der Waals surface area contributed by atoms with E-state index in [2.05, 4.69) is 0 Å². The molecule has 1 aromatic carbocycles. The Bertz CT molecular complexity index is 418. The predicted molar refractivity (Wildman–Crippen MR) is 54.2 cm³/mol. The van der Waals surface area contributed by atoms with Crippen LogP contribution in [0.15, 0.2) is 18.2 Å². The second-order valence-corrected chi connectivity index (χ2v) is 4.05. The first-order valence-corrected chi connectivity index (χ1v) is 5.17. The molecule has 1 saturated heterocycles. The summed E-state index contributed by atoms with van der Waals surface area (Å²) in [6.45, 7) is 0.700. The fraction of sp³-hybridized carbons (Fsp3) is 0.455. The summed E-state index contributed by atoms with van der Waals surface area (Å²) < 4.78 is 50.5. The molecule has 0 radical (unpaired) electrons. The van der Waals surface area contributed by atoms with Gasteiger partial charge in [-0.2, -0.15) is 13.2 Å². The van der Waals surface area contributed by atoms with Gasteiger partial charge in [-0.05, 0) is 24.6 Å². The molecule has 0 bridgehead atoms. The highest BCUT2D eigenvalue weighted by atomic mass is 19.4. The summed E-state index contributed by atoms with van der Waals surface area (Å²) in [5, 5.41) is 9.29. The monoisotopic (exact) mass is 249 g/mol. The van der Waals surface area contributed by atoms with Gasteiger partial charge in [-0.3, -0.25) is 0 Å². The summed E-state index contributed by atoms with van der Waals surface area (Å²) in [5.41, 5.74) is -0.895. The van der Waals surface area contributed by atoms with Crippen molar-refractivity contribution in [3.8, 4) is 0 Å². The van der Waals surface area contributed by atoms with Gasteiger partial charge in [0.2, 0.25) is 0 Å². The summed E-state index contributed by atoms with van der Waals surface area (Å²) in [6.07, 6.45) is -4.58. The molecule has 0 spiro atoms. The van der Waals surface area contributed by atoms with Gasteiger partial charge in [0.25, 0.3) is 0 Å². The third-order valence-corrected chi connectivity index (χ3v) is 2.78. The van der Waals surface area contributed by atoms with Crippen LogP contribution in [0, 0.1) is 5.82 Å². The van der Waals surface area contributed by atoms with Gasteiger partial charge in [0.1, 0.15) is 5.82 Å². The van der Waals surface area contributed by atoms with Crippen molar-refractivity contribution in [2.45, 2.75) is 18.7 Å². The average molecular weight is 249 g/mol. The first kappa shape index (κ1) is 12.2. The van der Waals surface area contributed by atoms with Crippen LogP contribution in [0.25, 0.3) is 0 Å². The van der Waals surface area contributed by atoms with E-state index in [1.54, 1.807) is 4.90 Å². The van der Waals surface area contributed by atoms with Crippen LogP contribution in [0.1, 0.15) is 12.0 Å². The Morgan fingerprint density at radius 3 is 2.47 bits per heavy atom. The van der Waals surface area contributed by atoms with Crippen LogP contribution in [-0.4, -0.2) is 24.3 Å². The number of aliphatic hydroxyl groups is 1.